The lowest BCUT2D eigenvalue weighted by molar-refractivity contribution is -0.136. The van der Waals surface area contributed by atoms with Crippen LogP contribution in [0, 0.1) is 5.92 Å². The molecule has 0 amide bonds. The van der Waals surface area contributed by atoms with Gasteiger partial charge in [-0.3, -0.25) is 4.79 Å². The van der Waals surface area contributed by atoms with Crippen LogP contribution in [0.4, 0.5) is 0 Å². The minimum Gasteiger partial charge on any atom is -0.480 e. The van der Waals surface area contributed by atoms with Crippen molar-refractivity contribution in [1.29, 1.82) is 0 Å². The molecule has 0 aliphatic heterocycles. The third-order valence-electron chi connectivity index (χ3n) is 5.36. The van der Waals surface area contributed by atoms with Gasteiger partial charge in [0, 0.05) is 18.0 Å². The number of carboxylic acids is 1. The van der Waals surface area contributed by atoms with Gasteiger partial charge in [0.05, 0.1) is 6.61 Å². The maximum Gasteiger partial charge on any atom is 0.321 e. The summed E-state index contributed by atoms with van der Waals surface area (Å²) in [5.41, 5.74) is 3.13. The van der Waals surface area contributed by atoms with Crippen molar-refractivity contribution in [3.8, 4) is 17.1 Å². The zero-order valence-electron chi connectivity index (χ0n) is 18.7. The average molecular weight is 447 g/mol. The van der Waals surface area contributed by atoms with E-state index in [2.05, 4.69) is 29.0 Å². The predicted molar refractivity (Wildman–Crippen MR) is 126 cm³/mol. The molecule has 2 rings (SSSR count). The number of aliphatic carboxylic acids is 1. The second-order valence-corrected chi connectivity index (χ2v) is 8.80. The van der Waals surface area contributed by atoms with Crippen LogP contribution in [-0.2, 0) is 11.2 Å². The molecule has 0 aliphatic carbocycles. The first-order valence-electron chi connectivity index (χ1n) is 11.4. The predicted octanol–water partition coefficient (Wildman–Crippen LogP) is 6.53. The van der Waals surface area contributed by atoms with Gasteiger partial charge in [-0.25, -0.2) is 9.97 Å². The Bertz CT molecular complexity index is 765. The van der Waals surface area contributed by atoms with E-state index < -0.39 is 11.3 Å². The minimum absolute atomic E-state index is 0.195. The maximum atomic E-state index is 10.9. The Kier molecular flexibility index (Phi) is 11.4. The number of carboxylic acid groups (broad SMARTS) is 1. The van der Waals surface area contributed by atoms with E-state index in [1.165, 1.54) is 38.5 Å². The molecular weight excluding hydrogens is 412 g/mol. The molecule has 31 heavy (non-hydrogen) atoms. The van der Waals surface area contributed by atoms with Gasteiger partial charge in [-0.2, -0.15) is 0 Å². The summed E-state index contributed by atoms with van der Waals surface area (Å²) >= 11 is 5.84. The van der Waals surface area contributed by atoms with Crippen molar-refractivity contribution in [1.82, 2.24) is 9.97 Å². The van der Waals surface area contributed by atoms with Crippen LogP contribution in [0.1, 0.15) is 70.8 Å². The quantitative estimate of drug-likeness (QED) is 0.248. The summed E-state index contributed by atoms with van der Waals surface area (Å²) in [4.78, 5) is 19.6. The van der Waals surface area contributed by atoms with Crippen molar-refractivity contribution in [3.63, 3.8) is 0 Å². The fourth-order valence-corrected chi connectivity index (χ4v) is 3.84. The standard InChI is InChI=1S/C25H35ClN2O3/c1-3-4-5-6-7-8-9-14-31-25-27-17-22(18-28-25)21-12-10-20(11-13-21)15-19(2)16-23(26)24(29)30/h10-13,17-19,23H,3-9,14-16H2,1-2H3,(H,29,30). The third kappa shape index (κ3) is 9.69. The van der Waals surface area contributed by atoms with Gasteiger partial charge in [-0.1, -0.05) is 76.6 Å². The monoisotopic (exact) mass is 446 g/mol. The molecule has 0 radical (unpaired) electrons. The lowest BCUT2D eigenvalue weighted by atomic mass is 9.95. The van der Waals surface area contributed by atoms with Gasteiger partial charge in [-0.05, 0) is 36.3 Å². The molecule has 6 heteroatoms. The van der Waals surface area contributed by atoms with E-state index in [1.807, 2.05) is 19.1 Å². The molecule has 170 valence electrons. The van der Waals surface area contributed by atoms with Crippen molar-refractivity contribution >= 4 is 17.6 Å². The van der Waals surface area contributed by atoms with E-state index in [0.717, 1.165) is 29.5 Å². The number of unbranched alkanes of at least 4 members (excludes halogenated alkanes) is 6. The zero-order valence-corrected chi connectivity index (χ0v) is 19.5. The molecule has 1 heterocycles. The molecule has 5 nitrogen and oxygen atoms in total. The van der Waals surface area contributed by atoms with Crippen LogP contribution in [0.15, 0.2) is 36.7 Å². The second-order valence-electron chi connectivity index (χ2n) is 8.27. The summed E-state index contributed by atoms with van der Waals surface area (Å²) in [6.45, 7) is 4.91. The van der Waals surface area contributed by atoms with Crippen molar-refractivity contribution < 1.29 is 14.6 Å². The number of alkyl halides is 1. The molecule has 0 fully saturated rings. The highest BCUT2D eigenvalue weighted by Gasteiger charge is 2.17. The lowest BCUT2D eigenvalue weighted by Crippen LogP contribution is -2.17. The highest BCUT2D eigenvalue weighted by molar-refractivity contribution is 6.29. The fourth-order valence-electron chi connectivity index (χ4n) is 3.54. The van der Waals surface area contributed by atoms with Gasteiger partial charge in [0.25, 0.3) is 0 Å². The number of aromatic nitrogens is 2. The van der Waals surface area contributed by atoms with E-state index in [9.17, 15) is 4.79 Å². The Morgan fingerprint density at radius 3 is 2.23 bits per heavy atom. The summed E-state index contributed by atoms with van der Waals surface area (Å²) in [7, 11) is 0. The van der Waals surface area contributed by atoms with Crippen molar-refractivity contribution in [2.24, 2.45) is 5.92 Å². The first-order chi connectivity index (χ1) is 15.0. The Labute approximate surface area is 191 Å². The Balaban J connectivity index is 1.75. The van der Waals surface area contributed by atoms with Crippen LogP contribution in [0.5, 0.6) is 6.01 Å². The van der Waals surface area contributed by atoms with Gasteiger partial charge < -0.3 is 9.84 Å². The van der Waals surface area contributed by atoms with E-state index >= 15 is 0 Å². The fraction of sp³-hybridized carbons (Fsp3) is 0.560. The van der Waals surface area contributed by atoms with E-state index in [4.69, 9.17) is 21.4 Å². The Morgan fingerprint density at radius 1 is 1.00 bits per heavy atom. The van der Waals surface area contributed by atoms with E-state index in [-0.39, 0.29) is 5.92 Å². The average Bonchev–Trinajstić information content (AvgIpc) is 2.76. The number of rotatable bonds is 15. The lowest BCUT2D eigenvalue weighted by Gasteiger charge is -2.13. The molecule has 0 bridgehead atoms. The van der Waals surface area contributed by atoms with Crippen LogP contribution >= 0.6 is 11.6 Å². The van der Waals surface area contributed by atoms with E-state index in [0.29, 0.717) is 19.0 Å². The molecular formula is C25H35ClN2O3. The topological polar surface area (TPSA) is 72.3 Å². The Morgan fingerprint density at radius 2 is 1.61 bits per heavy atom. The van der Waals surface area contributed by atoms with Crippen molar-refractivity contribution in [3.05, 3.63) is 42.2 Å². The molecule has 1 aromatic carbocycles. The van der Waals surface area contributed by atoms with Crippen LogP contribution in [-0.4, -0.2) is 33.0 Å². The Hall–Kier alpha value is -2.14. The van der Waals surface area contributed by atoms with Crippen molar-refractivity contribution in [2.45, 2.75) is 77.0 Å². The molecule has 0 spiro atoms. The number of hydrogen-bond acceptors (Lipinski definition) is 4. The highest BCUT2D eigenvalue weighted by Crippen LogP contribution is 2.22. The second kappa shape index (κ2) is 14.0. The molecule has 0 aliphatic rings. The molecule has 1 N–H and O–H groups in total. The van der Waals surface area contributed by atoms with Crippen LogP contribution < -0.4 is 4.74 Å². The van der Waals surface area contributed by atoms with Crippen LogP contribution in [0.25, 0.3) is 11.1 Å². The number of nitrogens with zero attached hydrogens (tertiary/aromatic N) is 2. The largest absolute Gasteiger partial charge is 0.480 e. The minimum atomic E-state index is -0.960. The SMILES string of the molecule is CCCCCCCCCOc1ncc(-c2ccc(CC(C)CC(Cl)C(=O)O)cc2)cn1. The maximum absolute atomic E-state index is 10.9. The summed E-state index contributed by atoms with van der Waals surface area (Å²) in [6.07, 6.45) is 13.6. The molecule has 0 saturated heterocycles. The number of hydrogen-bond donors (Lipinski definition) is 1. The van der Waals surface area contributed by atoms with Crippen molar-refractivity contribution in [2.75, 3.05) is 6.61 Å². The summed E-state index contributed by atoms with van der Waals surface area (Å²) in [5.74, 6) is -0.765. The smallest absolute Gasteiger partial charge is 0.321 e. The summed E-state index contributed by atoms with van der Waals surface area (Å²) in [5, 5.41) is 8.10. The number of benzene rings is 1. The summed E-state index contributed by atoms with van der Waals surface area (Å²) in [6, 6.07) is 8.61. The van der Waals surface area contributed by atoms with Gasteiger partial charge >= 0.3 is 12.0 Å². The summed E-state index contributed by atoms with van der Waals surface area (Å²) < 4.78 is 5.66. The van der Waals surface area contributed by atoms with E-state index in [1.54, 1.807) is 12.4 Å². The molecule has 2 unspecified atom stereocenters. The third-order valence-corrected chi connectivity index (χ3v) is 5.72. The van der Waals surface area contributed by atoms with Gasteiger partial charge in [-0.15, -0.1) is 11.6 Å². The normalized spacial score (nSPS) is 13.0. The first-order valence-corrected chi connectivity index (χ1v) is 11.8. The van der Waals surface area contributed by atoms with Crippen LogP contribution in [0.3, 0.4) is 0 Å². The zero-order chi connectivity index (χ0) is 22.5. The number of halogens is 1. The number of ether oxygens (including phenoxy) is 1. The molecule has 2 atom stereocenters. The van der Waals surface area contributed by atoms with Gasteiger partial charge in [0.1, 0.15) is 5.38 Å². The van der Waals surface area contributed by atoms with Crippen LogP contribution in [0.2, 0.25) is 0 Å². The van der Waals surface area contributed by atoms with Gasteiger partial charge in [0.15, 0.2) is 0 Å². The number of carbonyl (C=O) groups is 1. The molecule has 1 aromatic heterocycles. The molecule has 2 aromatic rings. The highest BCUT2D eigenvalue weighted by atomic mass is 35.5. The van der Waals surface area contributed by atoms with Gasteiger partial charge in [0.2, 0.25) is 0 Å². The molecule has 0 saturated carbocycles. The first kappa shape index (κ1) is 25.1.